The van der Waals surface area contributed by atoms with Crippen LogP contribution >= 0.6 is 0 Å². The minimum Gasteiger partial charge on any atom is -0.381 e. The van der Waals surface area contributed by atoms with Gasteiger partial charge in [-0.2, -0.15) is 10.2 Å². The monoisotopic (exact) mass is 595 g/mol. The number of alkyl halides is 2. The molecule has 2 amide bonds. The number of aryl methyl sites for hydroxylation is 1. The normalized spacial score (nSPS) is 23.5. The lowest BCUT2D eigenvalue weighted by molar-refractivity contribution is -0.127. The van der Waals surface area contributed by atoms with Crippen molar-refractivity contribution in [2.24, 2.45) is 11.8 Å². The summed E-state index contributed by atoms with van der Waals surface area (Å²) in [5.41, 5.74) is 4.16. The van der Waals surface area contributed by atoms with Crippen LogP contribution in [0.5, 0.6) is 0 Å². The zero-order valence-electron chi connectivity index (χ0n) is 24.7. The van der Waals surface area contributed by atoms with Gasteiger partial charge < -0.3 is 15.4 Å². The van der Waals surface area contributed by atoms with Gasteiger partial charge in [-0.1, -0.05) is 13.0 Å². The van der Waals surface area contributed by atoms with Gasteiger partial charge in [-0.05, 0) is 67.7 Å². The number of nitrogens with one attached hydrogen (secondary N) is 2. The SMILES string of the molecule is CCn1nccc1C(=O)N[C@@H](C1=CCC(F)(F)CC1)c1cn2nc(CC3C[C@@H](C)CNC3=O)c(C3CCOCC3)cc2n1. The lowest BCUT2D eigenvalue weighted by atomic mass is 9.84. The minimum absolute atomic E-state index is 0.0550. The van der Waals surface area contributed by atoms with E-state index in [2.05, 4.69) is 22.7 Å². The largest absolute Gasteiger partial charge is 0.381 e. The van der Waals surface area contributed by atoms with Gasteiger partial charge in [-0.25, -0.2) is 18.3 Å². The highest BCUT2D eigenvalue weighted by molar-refractivity contribution is 5.93. The van der Waals surface area contributed by atoms with Crippen LogP contribution < -0.4 is 10.6 Å². The summed E-state index contributed by atoms with van der Waals surface area (Å²) in [5, 5.41) is 15.3. The van der Waals surface area contributed by atoms with E-state index in [-0.39, 0.29) is 42.9 Å². The quantitative estimate of drug-likeness (QED) is 0.374. The summed E-state index contributed by atoms with van der Waals surface area (Å²) in [6.45, 7) is 6.57. The van der Waals surface area contributed by atoms with Crippen LogP contribution in [0, 0.1) is 11.8 Å². The second-order valence-electron chi connectivity index (χ2n) is 12.2. The molecule has 0 aromatic carbocycles. The van der Waals surface area contributed by atoms with Crippen LogP contribution in [0.3, 0.4) is 0 Å². The number of hydrogen-bond donors (Lipinski definition) is 2. The van der Waals surface area contributed by atoms with Crippen LogP contribution in [0.25, 0.3) is 5.65 Å². The van der Waals surface area contributed by atoms with Crippen molar-refractivity contribution in [3.63, 3.8) is 0 Å². The molecule has 230 valence electrons. The molecule has 0 saturated carbocycles. The third kappa shape index (κ3) is 6.34. The molecule has 6 rings (SSSR count). The fourth-order valence-corrected chi connectivity index (χ4v) is 6.57. The summed E-state index contributed by atoms with van der Waals surface area (Å²) in [4.78, 5) is 31.1. The first-order chi connectivity index (χ1) is 20.7. The molecule has 0 spiro atoms. The molecule has 1 unspecified atom stereocenters. The van der Waals surface area contributed by atoms with E-state index in [1.807, 2.05) is 13.0 Å². The molecule has 3 aromatic heterocycles. The van der Waals surface area contributed by atoms with E-state index >= 15 is 0 Å². The van der Waals surface area contributed by atoms with E-state index in [0.717, 1.165) is 30.5 Å². The topological polar surface area (TPSA) is 115 Å². The average Bonchev–Trinajstić information content (AvgIpc) is 3.65. The van der Waals surface area contributed by atoms with Crippen molar-refractivity contribution in [2.45, 2.75) is 83.2 Å². The van der Waals surface area contributed by atoms with Crippen LogP contribution in [0.4, 0.5) is 8.78 Å². The standard InChI is InChI=1S/C31H39F2N7O3/c1-3-39-26(6-11-35-39)30(42)37-28(21-4-9-31(32,33)10-5-21)25-18-40-27(36-25)16-23(20-7-12-43-13-8-20)24(38-40)15-22-14-19(2)17-34-29(22)41/h4,6,11,16,18-20,22,28H,3,5,7-10,12-15,17H2,1-2H3,(H,34,41)(H,37,42)/t19-,22?,28+/m1/s1. The number of ether oxygens (including phenoxy) is 1. The van der Waals surface area contributed by atoms with E-state index in [1.54, 1.807) is 27.7 Å². The Hall–Kier alpha value is -3.67. The molecule has 2 saturated heterocycles. The van der Waals surface area contributed by atoms with Gasteiger partial charge in [0.1, 0.15) is 5.69 Å². The second-order valence-corrected chi connectivity index (χ2v) is 12.2. The molecule has 2 aliphatic heterocycles. The number of carbonyl (C=O) groups excluding carboxylic acids is 2. The average molecular weight is 596 g/mol. The Bertz CT molecular complexity index is 1520. The summed E-state index contributed by atoms with van der Waals surface area (Å²) < 4.78 is 37.1. The molecule has 5 heterocycles. The number of fused-ring (bicyclic) bond motifs is 1. The van der Waals surface area contributed by atoms with Crippen LogP contribution in [0.15, 0.2) is 36.2 Å². The van der Waals surface area contributed by atoms with Crippen molar-refractivity contribution in [1.29, 1.82) is 0 Å². The van der Waals surface area contributed by atoms with Crippen LogP contribution in [0.1, 0.15) is 91.8 Å². The third-order valence-electron chi connectivity index (χ3n) is 9.00. The maximum atomic E-state index is 14.1. The molecular formula is C31H39F2N7O3. The van der Waals surface area contributed by atoms with Gasteiger partial charge in [0.15, 0.2) is 5.65 Å². The number of hydrogen-bond acceptors (Lipinski definition) is 6. The molecule has 2 fully saturated rings. The molecule has 1 aliphatic carbocycles. The number of piperidine rings is 1. The Morgan fingerprint density at radius 1 is 1.30 bits per heavy atom. The van der Waals surface area contributed by atoms with E-state index in [9.17, 15) is 18.4 Å². The van der Waals surface area contributed by atoms with Crippen LogP contribution in [-0.2, 0) is 22.5 Å². The van der Waals surface area contributed by atoms with Gasteiger partial charge in [0.2, 0.25) is 5.91 Å². The van der Waals surface area contributed by atoms with Crippen LogP contribution in [0.2, 0.25) is 0 Å². The maximum absolute atomic E-state index is 14.1. The van der Waals surface area contributed by atoms with Crippen molar-refractivity contribution in [3.8, 4) is 0 Å². The first kappa shape index (κ1) is 29.4. The summed E-state index contributed by atoms with van der Waals surface area (Å²) in [6.07, 6.45) is 7.37. The fourth-order valence-electron chi connectivity index (χ4n) is 6.57. The number of carbonyl (C=O) groups is 2. The smallest absolute Gasteiger partial charge is 0.270 e. The maximum Gasteiger partial charge on any atom is 0.270 e. The summed E-state index contributed by atoms with van der Waals surface area (Å²) in [6, 6.07) is 2.98. The number of halogens is 2. The molecule has 0 radical (unpaired) electrons. The highest BCUT2D eigenvalue weighted by Crippen LogP contribution is 2.38. The van der Waals surface area contributed by atoms with Crippen molar-refractivity contribution in [3.05, 3.63) is 58.8 Å². The van der Waals surface area contributed by atoms with Gasteiger partial charge >= 0.3 is 0 Å². The highest BCUT2D eigenvalue weighted by atomic mass is 19.3. The zero-order chi connectivity index (χ0) is 30.1. The summed E-state index contributed by atoms with van der Waals surface area (Å²) >= 11 is 0. The van der Waals surface area contributed by atoms with Crippen molar-refractivity contribution in [2.75, 3.05) is 19.8 Å². The van der Waals surface area contributed by atoms with E-state index in [0.29, 0.717) is 61.3 Å². The molecule has 3 aromatic rings. The van der Waals surface area contributed by atoms with Gasteiger partial charge in [-0.3, -0.25) is 14.3 Å². The third-order valence-corrected chi connectivity index (χ3v) is 9.00. The molecule has 0 bridgehead atoms. The molecular weight excluding hydrogens is 556 g/mol. The number of rotatable bonds is 8. The number of amides is 2. The van der Waals surface area contributed by atoms with E-state index in [1.165, 1.54) is 6.08 Å². The Kier molecular flexibility index (Phi) is 8.30. The van der Waals surface area contributed by atoms with Crippen molar-refractivity contribution in [1.82, 2.24) is 35.0 Å². The highest BCUT2D eigenvalue weighted by Gasteiger charge is 2.35. The molecule has 3 atom stereocenters. The molecule has 10 nitrogen and oxygen atoms in total. The molecule has 43 heavy (non-hydrogen) atoms. The second kappa shape index (κ2) is 12.1. The zero-order valence-corrected chi connectivity index (χ0v) is 24.7. The summed E-state index contributed by atoms with van der Waals surface area (Å²) in [5.74, 6) is -2.61. The van der Waals surface area contributed by atoms with Crippen molar-refractivity contribution >= 4 is 17.5 Å². The fraction of sp³-hybridized carbons (Fsp3) is 0.581. The lowest BCUT2D eigenvalue weighted by Gasteiger charge is -2.28. The number of aromatic nitrogens is 5. The van der Waals surface area contributed by atoms with Gasteiger partial charge in [0, 0.05) is 57.7 Å². The van der Waals surface area contributed by atoms with Crippen molar-refractivity contribution < 1.29 is 23.1 Å². The van der Waals surface area contributed by atoms with Gasteiger partial charge in [0.05, 0.1) is 23.6 Å². The summed E-state index contributed by atoms with van der Waals surface area (Å²) in [7, 11) is 0. The van der Waals surface area contributed by atoms with Gasteiger partial charge in [-0.15, -0.1) is 0 Å². The van der Waals surface area contributed by atoms with Crippen LogP contribution in [-0.4, -0.2) is 61.9 Å². The predicted molar refractivity (Wildman–Crippen MR) is 155 cm³/mol. The van der Waals surface area contributed by atoms with Gasteiger partial charge in [0.25, 0.3) is 11.8 Å². The first-order valence-electron chi connectivity index (χ1n) is 15.3. The number of allylic oxidation sites excluding steroid dienone is 1. The predicted octanol–water partition coefficient (Wildman–Crippen LogP) is 4.37. The molecule has 2 N–H and O–H groups in total. The Balaban J connectivity index is 1.38. The number of nitrogens with zero attached hydrogens (tertiary/aromatic N) is 5. The first-order valence-corrected chi connectivity index (χ1v) is 15.3. The van der Waals surface area contributed by atoms with E-state index in [4.69, 9.17) is 14.8 Å². The number of imidazole rings is 1. The lowest BCUT2D eigenvalue weighted by Crippen LogP contribution is -2.41. The Labute approximate surface area is 249 Å². The molecule has 3 aliphatic rings. The van der Waals surface area contributed by atoms with E-state index < -0.39 is 12.0 Å². The minimum atomic E-state index is -2.77. The Morgan fingerprint density at radius 3 is 2.86 bits per heavy atom. The Morgan fingerprint density at radius 2 is 2.12 bits per heavy atom. The molecule has 12 heteroatoms.